The molecule has 1 rings (SSSR count). The van der Waals surface area contributed by atoms with Crippen LogP contribution in [0.1, 0.15) is 45.1 Å². The Labute approximate surface area is 125 Å². The number of carboxylic acids is 1. The van der Waals surface area contributed by atoms with Gasteiger partial charge in [-0.1, -0.05) is 32.9 Å². The lowest BCUT2D eigenvalue weighted by Gasteiger charge is -2.15. The topological polar surface area (TPSA) is 92.4 Å². The van der Waals surface area contributed by atoms with Gasteiger partial charge in [0.2, 0.25) is 5.91 Å². The highest BCUT2D eigenvalue weighted by Crippen LogP contribution is 2.21. The average molecular weight is 292 g/mol. The molecule has 0 saturated heterocycles. The third-order valence-electron chi connectivity index (χ3n) is 3.29. The quantitative estimate of drug-likeness (QED) is 0.720. The minimum atomic E-state index is -0.820. The Kier molecular flexibility index (Phi) is 6.37. The van der Waals surface area contributed by atoms with Crippen molar-refractivity contribution in [1.29, 1.82) is 0 Å². The van der Waals surface area contributed by atoms with E-state index in [0.29, 0.717) is 18.0 Å². The van der Waals surface area contributed by atoms with Crippen molar-refractivity contribution < 1.29 is 14.7 Å². The van der Waals surface area contributed by atoms with Crippen LogP contribution in [0.5, 0.6) is 0 Å². The number of benzene rings is 1. The van der Waals surface area contributed by atoms with Gasteiger partial charge in [-0.05, 0) is 36.0 Å². The maximum atomic E-state index is 11.9. The van der Waals surface area contributed by atoms with Gasteiger partial charge in [-0.25, -0.2) is 0 Å². The van der Waals surface area contributed by atoms with Crippen LogP contribution in [-0.4, -0.2) is 23.0 Å². The molecule has 0 bridgehead atoms. The molecule has 5 heteroatoms. The first-order valence-electron chi connectivity index (χ1n) is 7.17. The van der Waals surface area contributed by atoms with E-state index in [9.17, 15) is 9.59 Å². The van der Waals surface area contributed by atoms with Gasteiger partial charge in [0.15, 0.2) is 0 Å². The second kappa shape index (κ2) is 7.78. The number of carbonyl (C=O) groups excluding carboxylic acids is 1. The number of aliphatic carboxylic acids is 1. The van der Waals surface area contributed by atoms with Gasteiger partial charge in [0, 0.05) is 5.69 Å². The van der Waals surface area contributed by atoms with Crippen LogP contribution in [0.3, 0.4) is 0 Å². The van der Waals surface area contributed by atoms with Gasteiger partial charge >= 0.3 is 5.97 Å². The number of hydrogen-bond acceptors (Lipinski definition) is 3. The minimum absolute atomic E-state index is 0.0598. The van der Waals surface area contributed by atoms with Crippen molar-refractivity contribution in [3.8, 4) is 0 Å². The summed E-state index contributed by atoms with van der Waals surface area (Å²) in [5, 5.41) is 11.6. The summed E-state index contributed by atoms with van der Waals surface area (Å²) >= 11 is 0. The second-order valence-corrected chi connectivity index (χ2v) is 5.85. The fraction of sp³-hybridized carbons (Fsp3) is 0.500. The molecular weight excluding hydrogens is 268 g/mol. The molecule has 0 radical (unpaired) electrons. The lowest BCUT2D eigenvalue weighted by atomic mass is 9.97. The van der Waals surface area contributed by atoms with Crippen molar-refractivity contribution in [1.82, 2.24) is 0 Å². The molecule has 0 heterocycles. The van der Waals surface area contributed by atoms with E-state index in [0.717, 1.165) is 5.56 Å². The monoisotopic (exact) mass is 292 g/mol. The fourth-order valence-electron chi connectivity index (χ4n) is 2.12. The van der Waals surface area contributed by atoms with Gasteiger partial charge in [-0.3, -0.25) is 9.59 Å². The summed E-state index contributed by atoms with van der Waals surface area (Å²) < 4.78 is 0. The largest absolute Gasteiger partial charge is 0.481 e. The van der Waals surface area contributed by atoms with E-state index >= 15 is 0 Å². The normalized spacial score (nSPS) is 13.8. The van der Waals surface area contributed by atoms with Crippen molar-refractivity contribution in [3.05, 3.63) is 29.8 Å². The molecule has 2 atom stereocenters. The molecule has 0 saturated carbocycles. The molecule has 5 nitrogen and oxygen atoms in total. The zero-order valence-electron chi connectivity index (χ0n) is 12.8. The smallest absolute Gasteiger partial charge is 0.303 e. The Hall–Kier alpha value is -1.88. The number of carbonyl (C=O) groups is 2. The van der Waals surface area contributed by atoms with E-state index in [2.05, 4.69) is 5.32 Å². The highest BCUT2D eigenvalue weighted by Gasteiger charge is 2.15. The predicted molar refractivity (Wildman–Crippen MR) is 83.2 cm³/mol. The van der Waals surface area contributed by atoms with Crippen molar-refractivity contribution in [3.63, 3.8) is 0 Å². The summed E-state index contributed by atoms with van der Waals surface area (Å²) in [6.45, 7) is 5.90. The molecule has 116 valence electrons. The summed E-state index contributed by atoms with van der Waals surface area (Å²) in [4.78, 5) is 22.6. The number of nitrogens with two attached hydrogens (primary N) is 1. The van der Waals surface area contributed by atoms with Crippen LogP contribution >= 0.6 is 0 Å². The molecule has 0 aliphatic heterocycles. The standard InChI is InChI=1S/C16H24N2O3/c1-10(2)8-14(17)16(21)18-13-6-4-12(5-7-13)11(3)9-15(19)20/h4-7,10-11,14H,8-9,17H2,1-3H3,(H,18,21)(H,19,20)/t11?,14-/m0/s1. The summed E-state index contributed by atoms with van der Waals surface area (Å²) in [5.74, 6) is -0.713. The highest BCUT2D eigenvalue weighted by molar-refractivity contribution is 5.94. The lowest BCUT2D eigenvalue weighted by molar-refractivity contribution is -0.137. The predicted octanol–water partition coefficient (Wildman–Crippen LogP) is 2.58. The Morgan fingerprint density at radius 2 is 1.76 bits per heavy atom. The fourth-order valence-corrected chi connectivity index (χ4v) is 2.12. The Morgan fingerprint density at radius 1 is 1.19 bits per heavy atom. The average Bonchev–Trinajstić information content (AvgIpc) is 2.37. The zero-order valence-corrected chi connectivity index (χ0v) is 12.8. The van der Waals surface area contributed by atoms with Gasteiger partial charge < -0.3 is 16.2 Å². The van der Waals surface area contributed by atoms with E-state index in [1.807, 2.05) is 32.9 Å². The van der Waals surface area contributed by atoms with E-state index in [1.54, 1.807) is 12.1 Å². The first kappa shape index (κ1) is 17.2. The molecule has 0 aliphatic carbocycles. The summed E-state index contributed by atoms with van der Waals surface area (Å²) in [7, 11) is 0. The van der Waals surface area contributed by atoms with Crippen LogP contribution in [0.2, 0.25) is 0 Å². The van der Waals surface area contributed by atoms with Crippen molar-refractivity contribution in [2.24, 2.45) is 11.7 Å². The lowest BCUT2D eigenvalue weighted by Crippen LogP contribution is -2.36. The van der Waals surface area contributed by atoms with Crippen LogP contribution in [0, 0.1) is 5.92 Å². The van der Waals surface area contributed by atoms with Crippen LogP contribution in [0.15, 0.2) is 24.3 Å². The number of amides is 1. The first-order chi connectivity index (χ1) is 9.79. The molecule has 0 fully saturated rings. The van der Waals surface area contributed by atoms with Crippen molar-refractivity contribution >= 4 is 17.6 Å². The Bertz CT molecular complexity index is 483. The third-order valence-corrected chi connectivity index (χ3v) is 3.29. The van der Waals surface area contributed by atoms with Crippen LogP contribution < -0.4 is 11.1 Å². The number of nitrogens with one attached hydrogen (secondary N) is 1. The third kappa shape index (κ3) is 5.95. The molecule has 0 spiro atoms. The highest BCUT2D eigenvalue weighted by atomic mass is 16.4. The SMILES string of the molecule is CC(C)C[C@H](N)C(=O)Nc1ccc(C(C)CC(=O)O)cc1. The van der Waals surface area contributed by atoms with E-state index in [-0.39, 0.29) is 18.2 Å². The van der Waals surface area contributed by atoms with Gasteiger partial charge in [-0.15, -0.1) is 0 Å². The molecule has 0 aromatic heterocycles. The molecule has 1 aromatic carbocycles. The van der Waals surface area contributed by atoms with Crippen LogP contribution in [0.4, 0.5) is 5.69 Å². The van der Waals surface area contributed by atoms with E-state index in [1.165, 1.54) is 0 Å². The number of rotatable bonds is 7. The summed E-state index contributed by atoms with van der Waals surface area (Å²) in [5.41, 5.74) is 7.43. The van der Waals surface area contributed by atoms with Gasteiger partial charge in [0.25, 0.3) is 0 Å². The number of hydrogen-bond donors (Lipinski definition) is 3. The van der Waals surface area contributed by atoms with E-state index in [4.69, 9.17) is 10.8 Å². The van der Waals surface area contributed by atoms with Crippen molar-refractivity contribution in [2.45, 2.75) is 45.6 Å². The molecule has 4 N–H and O–H groups in total. The summed E-state index contributed by atoms with van der Waals surface area (Å²) in [6, 6.07) is 6.69. The molecule has 1 amide bonds. The molecule has 21 heavy (non-hydrogen) atoms. The van der Waals surface area contributed by atoms with E-state index < -0.39 is 12.0 Å². The zero-order chi connectivity index (χ0) is 16.0. The maximum absolute atomic E-state index is 11.9. The second-order valence-electron chi connectivity index (χ2n) is 5.85. The van der Waals surface area contributed by atoms with Gasteiger partial charge in [0.1, 0.15) is 0 Å². The summed E-state index contributed by atoms with van der Waals surface area (Å²) in [6.07, 6.45) is 0.727. The van der Waals surface area contributed by atoms with Crippen LogP contribution in [0.25, 0.3) is 0 Å². The van der Waals surface area contributed by atoms with Gasteiger partial charge in [0.05, 0.1) is 12.5 Å². The first-order valence-corrected chi connectivity index (χ1v) is 7.17. The number of anilines is 1. The maximum Gasteiger partial charge on any atom is 0.303 e. The molecular formula is C16H24N2O3. The Balaban J connectivity index is 2.62. The molecule has 1 unspecified atom stereocenters. The molecule has 0 aliphatic rings. The Morgan fingerprint density at radius 3 is 2.24 bits per heavy atom. The van der Waals surface area contributed by atoms with Crippen molar-refractivity contribution in [2.75, 3.05) is 5.32 Å². The van der Waals surface area contributed by atoms with Gasteiger partial charge in [-0.2, -0.15) is 0 Å². The number of carboxylic acid groups (broad SMARTS) is 1. The minimum Gasteiger partial charge on any atom is -0.481 e. The van der Waals surface area contributed by atoms with Crippen LogP contribution in [-0.2, 0) is 9.59 Å². The molecule has 1 aromatic rings.